The summed E-state index contributed by atoms with van der Waals surface area (Å²) in [6, 6.07) is 4.92. The normalized spacial score (nSPS) is 11.4. The molecule has 1 aromatic rings. The molecule has 0 saturated heterocycles. The third kappa shape index (κ3) is 4.82. The van der Waals surface area contributed by atoms with Crippen LogP contribution in [0.3, 0.4) is 0 Å². The van der Waals surface area contributed by atoms with Gasteiger partial charge >= 0.3 is 5.97 Å². The maximum atomic E-state index is 11.9. The number of carbonyl (C=O) groups excluding carboxylic acids is 2. The van der Waals surface area contributed by atoms with E-state index < -0.39 is 17.3 Å². The SMILES string of the molecule is CCOC(=O)CNC(=O)C(Cl)c1ccc(OC)c(OC)c1. The lowest BCUT2D eigenvalue weighted by Crippen LogP contribution is -2.32. The van der Waals surface area contributed by atoms with E-state index in [1.807, 2.05) is 0 Å². The summed E-state index contributed by atoms with van der Waals surface area (Å²) in [6.45, 7) is 1.73. The number of carbonyl (C=O) groups is 2. The zero-order valence-electron chi connectivity index (χ0n) is 12.1. The molecule has 0 heterocycles. The Bertz CT molecular complexity index is 506. The molecule has 0 spiro atoms. The molecular weight excluding hydrogens is 298 g/mol. The van der Waals surface area contributed by atoms with E-state index in [4.69, 9.17) is 25.8 Å². The summed E-state index contributed by atoms with van der Waals surface area (Å²) < 4.78 is 15.0. The van der Waals surface area contributed by atoms with Gasteiger partial charge in [0.25, 0.3) is 0 Å². The van der Waals surface area contributed by atoms with Gasteiger partial charge in [0.1, 0.15) is 11.9 Å². The number of benzene rings is 1. The van der Waals surface area contributed by atoms with Crippen LogP contribution in [0.15, 0.2) is 18.2 Å². The number of esters is 1. The van der Waals surface area contributed by atoms with Gasteiger partial charge in [-0.3, -0.25) is 9.59 Å². The highest BCUT2D eigenvalue weighted by molar-refractivity contribution is 6.30. The van der Waals surface area contributed by atoms with E-state index in [1.165, 1.54) is 14.2 Å². The van der Waals surface area contributed by atoms with Crippen LogP contribution in [0.1, 0.15) is 17.9 Å². The smallest absolute Gasteiger partial charge is 0.325 e. The van der Waals surface area contributed by atoms with Crippen LogP contribution in [-0.4, -0.2) is 39.2 Å². The van der Waals surface area contributed by atoms with Gasteiger partial charge < -0.3 is 19.5 Å². The minimum atomic E-state index is -0.945. The lowest BCUT2D eigenvalue weighted by atomic mass is 10.1. The lowest BCUT2D eigenvalue weighted by Gasteiger charge is -2.13. The van der Waals surface area contributed by atoms with Crippen LogP contribution in [0, 0.1) is 0 Å². The Hall–Kier alpha value is -1.95. The number of methoxy groups -OCH3 is 2. The van der Waals surface area contributed by atoms with Crippen LogP contribution in [0.5, 0.6) is 11.5 Å². The van der Waals surface area contributed by atoms with Crippen LogP contribution >= 0.6 is 11.6 Å². The summed E-state index contributed by atoms with van der Waals surface area (Å²) in [5, 5.41) is 1.47. The Kier molecular flexibility index (Phi) is 6.81. The second kappa shape index (κ2) is 8.36. The minimum absolute atomic E-state index is 0.219. The second-order valence-corrected chi connectivity index (χ2v) is 4.44. The Balaban J connectivity index is 2.71. The maximum absolute atomic E-state index is 11.9. The summed E-state index contributed by atoms with van der Waals surface area (Å²) >= 11 is 6.08. The number of alkyl halides is 1. The predicted molar refractivity (Wildman–Crippen MR) is 77.8 cm³/mol. The van der Waals surface area contributed by atoms with Crippen molar-refractivity contribution in [2.45, 2.75) is 12.3 Å². The lowest BCUT2D eigenvalue weighted by molar-refractivity contribution is -0.143. The topological polar surface area (TPSA) is 73.9 Å². The molecule has 1 amide bonds. The van der Waals surface area contributed by atoms with Crippen LogP contribution in [0.4, 0.5) is 0 Å². The van der Waals surface area contributed by atoms with Gasteiger partial charge in [-0.1, -0.05) is 6.07 Å². The number of amides is 1. The molecule has 0 fully saturated rings. The molecule has 0 aliphatic carbocycles. The van der Waals surface area contributed by atoms with Crippen molar-refractivity contribution in [1.29, 1.82) is 0 Å². The average Bonchev–Trinajstić information content (AvgIpc) is 2.51. The number of rotatable bonds is 7. The van der Waals surface area contributed by atoms with Gasteiger partial charge in [-0.15, -0.1) is 11.6 Å². The van der Waals surface area contributed by atoms with Crippen molar-refractivity contribution in [3.63, 3.8) is 0 Å². The first-order chi connectivity index (χ1) is 10.0. The van der Waals surface area contributed by atoms with E-state index in [0.29, 0.717) is 17.1 Å². The Morgan fingerprint density at radius 2 is 1.90 bits per heavy atom. The van der Waals surface area contributed by atoms with Crippen molar-refractivity contribution in [3.8, 4) is 11.5 Å². The van der Waals surface area contributed by atoms with Crippen LogP contribution in [0.2, 0.25) is 0 Å². The van der Waals surface area contributed by atoms with Gasteiger partial charge in [0.05, 0.1) is 20.8 Å². The monoisotopic (exact) mass is 315 g/mol. The van der Waals surface area contributed by atoms with Gasteiger partial charge in [-0.25, -0.2) is 0 Å². The molecule has 6 nitrogen and oxygen atoms in total. The molecule has 1 rings (SSSR count). The van der Waals surface area contributed by atoms with Gasteiger partial charge in [0.2, 0.25) is 5.91 Å². The molecule has 0 saturated carbocycles. The van der Waals surface area contributed by atoms with Crippen molar-refractivity contribution >= 4 is 23.5 Å². The van der Waals surface area contributed by atoms with Gasteiger partial charge in [0.15, 0.2) is 11.5 Å². The van der Waals surface area contributed by atoms with Crippen molar-refractivity contribution < 1.29 is 23.8 Å². The Labute approximate surface area is 128 Å². The van der Waals surface area contributed by atoms with Crippen molar-refractivity contribution in [2.75, 3.05) is 27.4 Å². The molecule has 1 atom stereocenters. The second-order valence-electron chi connectivity index (χ2n) is 4.00. The number of ether oxygens (including phenoxy) is 3. The highest BCUT2D eigenvalue weighted by atomic mass is 35.5. The molecule has 116 valence electrons. The molecule has 0 bridgehead atoms. The molecule has 7 heteroatoms. The average molecular weight is 316 g/mol. The molecule has 1 N–H and O–H groups in total. The third-order valence-corrected chi connectivity index (χ3v) is 3.09. The maximum Gasteiger partial charge on any atom is 0.325 e. The third-order valence-electron chi connectivity index (χ3n) is 2.64. The Morgan fingerprint density at radius 3 is 2.48 bits per heavy atom. The molecule has 1 aromatic carbocycles. The van der Waals surface area contributed by atoms with E-state index in [1.54, 1.807) is 25.1 Å². The van der Waals surface area contributed by atoms with Crippen LogP contribution < -0.4 is 14.8 Å². The number of nitrogens with one attached hydrogen (secondary N) is 1. The van der Waals surface area contributed by atoms with Gasteiger partial charge in [0, 0.05) is 0 Å². The van der Waals surface area contributed by atoms with E-state index in [9.17, 15) is 9.59 Å². The standard InChI is InChI=1S/C14H18ClNO5/c1-4-21-12(17)8-16-14(18)13(15)9-5-6-10(19-2)11(7-9)20-3/h5-7,13H,4,8H2,1-3H3,(H,16,18). The van der Waals surface area contributed by atoms with E-state index >= 15 is 0 Å². The first-order valence-corrected chi connectivity index (χ1v) is 6.76. The number of halogens is 1. The fraction of sp³-hybridized carbons (Fsp3) is 0.429. The first kappa shape index (κ1) is 17.1. The first-order valence-electron chi connectivity index (χ1n) is 6.32. The summed E-state index contributed by atoms with van der Waals surface area (Å²) in [4.78, 5) is 23.1. The zero-order valence-corrected chi connectivity index (χ0v) is 12.9. The molecule has 0 aliphatic rings. The fourth-order valence-electron chi connectivity index (χ4n) is 1.62. The van der Waals surface area contributed by atoms with Crippen LogP contribution in [0.25, 0.3) is 0 Å². The summed E-state index contributed by atoms with van der Waals surface area (Å²) in [5.74, 6) is 0.00913. The van der Waals surface area contributed by atoms with E-state index in [2.05, 4.69) is 5.32 Å². The molecule has 0 aromatic heterocycles. The minimum Gasteiger partial charge on any atom is -0.493 e. The molecular formula is C14H18ClNO5. The largest absolute Gasteiger partial charge is 0.493 e. The van der Waals surface area contributed by atoms with Gasteiger partial charge in [-0.2, -0.15) is 0 Å². The summed E-state index contributed by atoms with van der Waals surface area (Å²) in [7, 11) is 3.01. The highest BCUT2D eigenvalue weighted by Gasteiger charge is 2.20. The quantitative estimate of drug-likeness (QED) is 0.612. The predicted octanol–water partition coefficient (Wildman–Crippen LogP) is 1.66. The van der Waals surface area contributed by atoms with Crippen molar-refractivity contribution in [3.05, 3.63) is 23.8 Å². The van der Waals surface area contributed by atoms with Crippen molar-refractivity contribution in [1.82, 2.24) is 5.32 Å². The summed E-state index contributed by atoms with van der Waals surface area (Å²) in [6.07, 6.45) is 0. The molecule has 0 radical (unpaired) electrons. The molecule has 21 heavy (non-hydrogen) atoms. The molecule has 0 aliphatic heterocycles. The van der Waals surface area contributed by atoms with E-state index in [0.717, 1.165) is 0 Å². The fourth-order valence-corrected chi connectivity index (χ4v) is 1.84. The van der Waals surface area contributed by atoms with E-state index in [-0.39, 0.29) is 13.2 Å². The number of hydrogen-bond donors (Lipinski definition) is 1. The van der Waals surface area contributed by atoms with Crippen molar-refractivity contribution in [2.24, 2.45) is 0 Å². The van der Waals surface area contributed by atoms with Gasteiger partial charge in [-0.05, 0) is 24.6 Å². The van der Waals surface area contributed by atoms with Crippen LogP contribution in [-0.2, 0) is 14.3 Å². The summed E-state index contributed by atoms with van der Waals surface area (Å²) in [5.41, 5.74) is 0.538. The highest BCUT2D eigenvalue weighted by Crippen LogP contribution is 2.32. The molecule has 1 unspecified atom stereocenters. The Morgan fingerprint density at radius 1 is 1.24 bits per heavy atom. The zero-order chi connectivity index (χ0) is 15.8. The number of hydrogen-bond acceptors (Lipinski definition) is 5.